The van der Waals surface area contributed by atoms with E-state index in [2.05, 4.69) is 37.0 Å². The van der Waals surface area contributed by atoms with Crippen molar-refractivity contribution in [2.24, 2.45) is 7.05 Å². The Labute approximate surface area is 129 Å². The van der Waals surface area contributed by atoms with E-state index < -0.39 is 0 Å². The van der Waals surface area contributed by atoms with Crippen LogP contribution in [-0.2, 0) is 19.9 Å². The second-order valence-electron chi connectivity index (χ2n) is 4.26. The summed E-state index contributed by atoms with van der Waals surface area (Å²) in [6.45, 7) is 2.05. The van der Waals surface area contributed by atoms with Crippen molar-refractivity contribution in [1.29, 1.82) is 0 Å². The first-order valence-corrected chi connectivity index (χ1v) is 7.61. The Balaban J connectivity index is 2.30. The first-order chi connectivity index (χ1) is 9.04. The minimum absolute atomic E-state index is 0.0822. The lowest BCUT2D eigenvalue weighted by Gasteiger charge is -2.05. The third kappa shape index (κ3) is 2.98. The molecule has 2 rings (SSSR count). The molecule has 0 saturated heterocycles. The van der Waals surface area contributed by atoms with Gasteiger partial charge in [0, 0.05) is 17.1 Å². The zero-order valence-electron chi connectivity index (χ0n) is 10.8. The molecule has 0 bridgehead atoms. The number of hydrogen-bond acceptors (Lipinski definition) is 2. The maximum atomic E-state index is 12.3. The quantitative estimate of drug-likeness (QED) is 0.747. The van der Waals surface area contributed by atoms with Crippen molar-refractivity contribution in [1.82, 2.24) is 9.78 Å². The third-order valence-electron chi connectivity index (χ3n) is 3.01. The van der Waals surface area contributed by atoms with Crippen LogP contribution >= 0.6 is 31.9 Å². The second kappa shape index (κ2) is 6.01. The first kappa shape index (κ1) is 14.5. The van der Waals surface area contributed by atoms with Crippen LogP contribution in [-0.4, -0.2) is 15.6 Å². The summed E-state index contributed by atoms with van der Waals surface area (Å²) in [5.74, 6) is 0.0822. The van der Waals surface area contributed by atoms with Crippen molar-refractivity contribution >= 4 is 37.6 Å². The Kier molecular flexibility index (Phi) is 4.58. The van der Waals surface area contributed by atoms with Gasteiger partial charge in [-0.15, -0.1) is 0 Å². The number of hydrogen-bond donors (Lipinski definition) is 0. The number of ketones is 1. The number of aryl methyl sites for hydroxylation is 2. The molecule has 0 aliphatic carbocycles. The highest BCUT2D eigenvalue weighted by molar-refractivity contribution is 9.10. The van der Waals surface area contributed by atoms with E-state index in [1.165, 1.54) is 0 Å². The molecule has 0 aliphatic heterocycles. The van der Waals surface area contributed by atoms with Gasteiger partial charge in [-0.2, -0.15) is 5.10 Å². The monoisotopic (exact) mass is 384 g/mol. The molecule has 5 heteroatoms. The van der Waals surface area contributed by atoms with Gasteiger partial charge in [0.05, 0.1) is 22.3 Å². The van der Waals surface area contributed by atoms with Crippen LogP contribution in [0.4, 0.5) is 0 Å². The van der Waals surface area contributed by atoms with Gasteiger partial charge in [-0.25, -0.2) is 0 Å². The lowest BCUT2D eigenvalue weighted by molar-refractivity contribution is 0.0990. The summed E-state index contributed by atoms with van der Waals surface area (Å²) in [7, 11) is 1.87. The standard InChI is InChI=1S/C14H14Br2N2O/c1-3-11-14(16)12(18(2)17-11)8-13(19)9-6-4-5-7-10(9)15/h4-7H,3,8H2,1-2H3. The average Bonchev–Trinajstić information content (AvgIpc) is 2.66. The minimum atomic E-state index is 0.0822. The van der Waals surface area contributed by atoms with Crippen LogP contribution in [0.3, 0.4) is 0 Å². The maximum Gasteiger partial charge on any atom is 0.169 e. The van der Waals surface area contributed by atoms with Crippen molar-refractivity contribution in [2.75, 3.05) is 0 Å². The van der Waals surface area contributed by atoms with Crippen molar-refractivity contribution in [3.05, 3.63) is 50.2 Å². The van der Waals surface area contributed by atoms with Gasteiger partial charge in [-0.1, -0.05) is 41.1 Å². The van der Waals surface area contributed by atoms with Crippen molar-refractivity contribution in [2.45, 2.75) is 19.8 Å². The van der Waals surface area contributed by atoms with Crippen LogP contribution in [0, 0.1) is 0 Å². The second-order valence-corrected chi connectivity index (χ2v) is 5.91. The summed E-state index contributed by atoms with van der Waals surface area (Å²) in [6.07, 6.45) is 1.18. The van der Waals surface area contributed by atoms with E-state index in [-0.39, 0.29) is 5.78 Å². The van der Waals surface area contributed by atoms with Crippen LogP contribution in [0.1, 0.15) is 28.7 Å². The summed E-state index contributed by atoms with van der Waals surface area (Å²) < 4.78 is 3.55. The number of benzene rings is 1. The molecule has 0 spiro atoms. The minimum Gasteiger partial charge on any atom is -0.294 e. The molecule has 0 N–H and O–H groups in total. The molecule has 0 aliphatic rings. The number of rotatable bonds is 4. The van der Waals surface area contributed by atoms with Crippen LogP contribution in [0.25, 0.3) is 0 Å². The topological polar surface area (TPSA) is 34.9 Å². The predicted octanol–water partition coefficient (Wildman–Crippen LogP) is 3.93. The number of Topliss-reactive ketones (excluding diaryl/α,β-unsaturated/α-hetero) is 1. The Morgan fingerprint density at radius 2 is 2.00 bits per heavy atom. The molecule has 100 valence electrons. The van der Waals surface area contributed by atoms with Crippen LogP contribution < -0.4 is 0 Å². The van der Waals surface area contributed by atoms with Crippen molar-refractivity contribution < 1.29 is 4.79 Å². The Morgan fingerprint density at radius 3 is 2.58 bits per heavy atom. The number of nitrogens with zero attached hydrogens (tertiary/aromatic N) is 2. The highest BCUT2D eigenvalue weighted by atomic mass is 79.9. The van der Waals surface area contributed by atoms with E-state index in [9.17, 15) is 4.79 Å². The fraction of sp³-hybridized carbons (Fsp3) is 0.286. The van der Waals surface area contributed by atoms with E-state index in [4.69, 9.17) is 0 Å². The van der Waals surface area contributed by atoms with Gasteiger partial charge in [0.1, 0.15) is 0 Å². The normalized spacial score (nSPS) is 10.7. The molecule has 2 aromatic rings. The molecule has 0 fully saturated rings. The van der Waals surface area contributed by atoms with E-state index in [1.807, 2.05) is 38.2 Å². The molecule has 0 radical (unpaired) electrons. The van der Waals surface area contributed by atoms with Crippen molar-refractivity contribution in [3.63, 3.8) is 0 Å². The van der Waals surface area contributed by atoms with E-state index in [0.29, 0.717) is 12.0 Å². The largest absolute Gasteiger partial charge is 0.294 e. The number of carbonyl (C=O) groups excluding carboxylic acids is 1. The first-order valence-electron chi connectivity index (χ1n) is 6.02. The van der Waals surface area contributed by atoms with E-state index in [0.717, 1.165) is 26.8 Å². The van der Waals surface area contributed by atoms with Gasteiger partial charge in [-0.3, -0.25) is 9.48 Å². The van der Waals surface area contributed by atoms with E-state index in [1.54, 1.807) is 4.68 Å². The van der Waals surface area contributed by atoms with E-state index >= 15 is 0 Å². The Bertz CT molecular complexity index is 620. The average molecular weight is 386 g/mol. The highest BCUT2D eigenvalue weighted by Crippen LogP contribution is 2.24. The molecule has 1 aromatic heterocycles. The Morgan fingerprint density at radius 1 is 1.32 bits per heavy atom. The summed E-state index contributed by atoms with van der Waals surface area (Å²) >= 11 is 6.95. The molecule has 0 saturated carbocycles. The smallest absolute Gasteiger partial charge is 0.169 e. The lowest BCUT2D eigenvalue weighted by Crippen LogP contribution is -2.09. The lowest BCUT2D eigenvalue weighted by atomic mass is 10.1. The summed E-state index contributed by atoms with van der Waals surface area (Å²) in [4.78, 5) is 12.3. The number of carbonyl (C=O) groups is 1. The number of aromatic nitrogens is 2. The van der Waals surface area contributed by atoms with Gasteiger partial charge in [0.2, 0.25) is 0 Å². The van der Waals surface area contributed by atoms with Crippen LogP contribution in [0.15, 0.2) is 33.2 Å². The van der Waals surface area contributed by atoms with Gasteiger partial charge >= 0.3 is 0 Å². The van der Waals surface area contributed by atoms with Gasteiger partial charge in [0.25, 0.3) is 0 Å². The maximum absolute atomic E-state index is 12.3. The van der Waals surface area contributed by atoms with Crippen LogP contribution in [0.5, 0.6) is 0 Å². The van der Waals surface area contributed by atoms with Gasteiger partial charge < -0.3 is 0 Å². The SMILES string of the molecule is CCc1nn(C)c(CC(=O)c2ccccc2Br)c1Br. The highest BCUT2D eigenvalue weighted by Gasteiger charge is 2.17. The third-order valence-corrected chi connectivity index (χ3v) is 4.61. The summed E-state index contributed by atoms with van der Waals surface area (Å²) in [6, 6.07) is 7.48. The zero-order chi connectivity index (χ0) is 14.0. The molecular weight excluding hydrogens is 372 g/mol. The molecule has 1 aromatic carbocycles. The van der Waals surface area contributed by atoms with Crippen LogP contribution in [0.2, 0.25) is 0 Å². The fourth-order valence-electron chi connectivity index (χ4n) is 1.95. The molecule has 1 heterocycles. The fourth-order valence-corrected chi connectivity index (χ4v) is 3.21. The molecule has 3 nitrogen and oxygen atoms in total. The zero-order valence-corrected chi connectivity index (χ0v) is 14.0. The summed E-state index contributed by atoms with van der Waals surface area (Å²) in [5, 5.41) is 4.40. The molecule has 0 amide bonds. The Hall–Kier alpha value is -0.940. The van der Waals surface area contributed by atoms with Gasteiger partial charge in [-0.05, 0) is 28.4 Å². The molecule has 0 atom stereocenters. The molecule has 19 heavy (non-hydrogen) atoms. The number of halogens is 2. The summed E-state index contributed by atoms with van der Waals surface area (Å²) in [5.41, 5.74) is 2.60. The predicted molar refractivity (Wildman–Crippen MR) is 82.5 cm³/mol. The molecule has 0 unspecified atom stereocenters. The molecular formula is C14H14Br2N2O. The van der Waals surface area contributed by atoms with Crippen molar-refractivity contribution in [3.8, 4) is 0 Å². The van der Waals surface area contributed by atoms with Gasteiger partial charge in [0.15, 0.2) is 5.78 Å².